The Balaban J connectivity index is 0.00000128. The summed E-state index contributed by atoms with van der Waals surface area (Å²) in [5, 5.41) is 0.579. The van der Waals surface area contributed by atoms with E-state index in [-0.39, 0.29) is 24.3 Å². The number of hydrogen-bond donors (Lipinski definition) is 1. The van der Waals surface area contributed by atoms with Crippen molar-refractivity contribution in [2.75, 3.05) is 13.1 Å². The lowest BCUT2D eigenvalue weighted by molar-refractivity contribution is 0.321. The van der Waals surface area contributed by atoms with E-state index in [1.54, 1.807) is 12.1 Å². The molecule has 1 aromatic rings. The first-order valence-electron chi connectivity index (χ1n) is 5.07. The van der Waals surface area contributed by atoms with Gasteiger partial charge in [0.05, 0.1) is 0 Å². The smallest absolute Gasteiger partial charge is 0.127 e. The molecule has 1 heterocycles. The third-order valence-electron chi connectivity index (χ3n) is 2.71. The second-order valence-electron chi connectivity index (χ2n) is 4.02. The van der Waals surface area contributed by atoms with Gasteiger partial charge in [0, 0.05) is 36.3 Å². The molecule has 0 radical (unpaired) electrons. The monoisotopic (exact) mass is 264 g/mol. The van der Waals surface area contributed by atoms with Crippen LogP contribution in [-0.2, 0) is 6.54 Å². The van der Waals surface area contributed by atoms with Crippen molar-refractivity contribution in [2.45, 2.75) is 19.0 Å². The molecule has 1 fully saturated rings. The van der Waals surface area contributed by atoms with Crippen LogP contribution in [0.1, 0.15) is 12.0 Å². The average molecular weight is 265 g/mol. The largest absolute Gasteiger partial charge is 0.326 e. The standard InChI is InChI=1S/C11H14ClFN2.ClH/c12-9-1-2-11(13)8(5-9)6-15-4-3-10(14)7-15;/h1-2,5,10H,3-4,6-7,14H2;1H. The molecule has 2 N–H and O–H groups in total. The van der Waals surface area contributed by atoms with Crippen molar-refractivity contribution >= 4 is 24.0 Å². The predicted octanol–water partition coefficient (Wildman–Crippen LogP) is 2.43. The Morgan fingerprint density at radius 3 is 2.88 bits per heavy atom. The maximum absolute atomic E-state index is 13.4. The Morgan fingerprint density at radius 2 is 2.25 bits per heavy atom. The summed E-state index contributed by atoms with van der Waals surface area (Å²) in [4.78, 5) is 2.15. The molecule has 5 heteroatoms. The zero-order valence-electron chi connectivity index (χ0n) is 8.83. The number of halogens is 3. The van der Waals surface area contributed by atoms with Crippen molar-refractivity contribution in [1.29, 1.82) is 0 Å². The molecule has 0 aromatic heterocycles. The van der Waals surface area contributed by atoms with Crippen LogP contribution in [0.3, 0.4) is 0 Å². The van der Waals surface area contributed by atoms with Crippen LogP contribution >= 0.6 is 24.0 Å². The first-order valence-corrected chi connectivity index (χ1v) is 5.45. The van der Waals surface area contributed by atoms with Gasteiger partial charge in [-0.25, -0.2) is 4.39 Å². The van der Waals surface area contributed by atoms with E-state index < -0.39 is 0 Å². The Labute approximate surface area is 106 Å². The Hall–Kier alpha value is -0.350. The van der Waals surface area contributed by atoms with Gasteiger partial charge in [-0.05, 0) is 24.6 Å². The molecule has 0 spiro atoms. The summed E-state index contributed by atoms with van der Waals surface area (Å²) in [6.45, 7) is 2.37. The second kappa shape index (κ2) is 5.82. The Bertz CT molecular complexity index is 360. The second-order valence-corrected chi connectivity index (χ2v) is 4.46. The van der Waals surface area contributed by atoms with Crippen LogP contribution in [0.2, 0.25) is 5.02 Å². The summed E-state index contributed by atoms with van der Waals surface area (Å²) in [6, 6.07) is 4.89. The van der Waals surface area contributed by atoms with Gasteiger partial charge in [-0.2, -0.15) is 0 Å². The van der Waals surface area contributed by atoms with Crippen LogP contribution in [0.25, 0.3) is 0 Å². The van der Waals surface area contributed by atoms with Crippen molar-refractivity contribution < 1.29 is 4.39 Å². The first-order chi connectivity index (χ1) is 7.15. The van der Waals surface area contributed by atoms with Gasteiger partial charge in [-0.3, -0.25) is 4.90 Å². The minimum absolute atomic E-state index is 0. The van der Waals surface area contributed by atoms with Crippen LogP contribution in [0.15, 0.2) is 18.2 Å². The van der Waals surface area contributed by atoms with E-state index in [2.05, 4.69) is 4.90 Å². The molecule has 1 aliphatic heterocycles. The van der Waals surface area contributed by atoms with Crippen LogP contribution in [0.4, 0.5) is 4.39 Å². The summed E-state index contributed by atoms with van der Waals surface area (Å²) < 4.78 is 13.4. The third kappa shape index (κ3) is 3.32. The highest BCUT2D eigenvalue weighted by atomic mass is 35.5. The number of hydrogen-bond acceptors (Lipinski definition) is 2. The number of likely N-dealkylation sites (tertiary alicyclic amines) is 1. The molecule has 1 atom stereocenters. The molecule has 1 aromatic carbocycles. The van der Waals surface area contributed by atoms with Gasteiger partial charge in [0.15, 0.2) is 0 Å². The average Bonchev–Trinajstić information content (AvgIpc) is 2.58. The summed E-state index contributed by atoms with van der Waals surface area (Å²) in [5.74, 6) is -0.195. The van der Waals surface area contributed by atoms with Crippen LogP contribution in [0.5, 0.6) is 0 Å². The fourth-order valence-corrected chi connectivity index (χ4v) is 2.11. The van der Waals surface area contributed by atoms with Gasteiger partial charge < -0.3 is 5.73 Å². The molecule has 1 unspecified atom stereocenters. The van der Waals surface area contributed by atoms with E-state index in [0.29, 0.717) is 17.1 Å². The van der Waals surface area contributed by atoms with Gasteiger partial charge in [-0.15, -0.1) is 12.4 Å². The van der Waals surface area contributed by atoms with E-state index in [9.17, 15) is 4.39 Å². The van der Waals surface area contributed by atoms with Gasteiger partial charge in [-0.1, -0.05) is 11.6 Å². The molecule has 90 valence electrons. The number of benzene rings is 1. The molecule has 16 heavy (non-hydrogen) atoms. The third-order valence-corrected chi connectivity index (χ3v) is 2.95. The van der Waals surface area contributed by atoms with Gasteiger partial charge >= 0.3 is 0 Å². The van der Waals surface area contributed by atoms with E-state index >= 15 is 0 Å². The maximum atomic E-state index is 13.4. The van der Waals surface area contributed by atoms with Gasteiger partial charge in [0.2, 0.25) is 0 Å². The fraction of sp³-hybridized carbons (Fsp3) is 0.455. The molecule has 2 rings (SSSR count). The van der Waals surface area contributed by atoms with Crippen LogP contribution in [0, 0.1) is 5.82 Å². The predicted molar refractivity (Wildman–Crippen MR) is 66.5 cm³/mol. The molecule has 0 aliphatic carbocycles. The zero-order valence-corrected chi connectivity index (χ0v) is 10.4. The van der Waals surface area contributed by atoms with Crippen molar-refractivity contribution in [1.82, 2.24) is 4.90 Å². The molecule has 1 saturated heterocycles. The van der Waals surface area contributed by atoms with E-state index in [0.717, 1.165) is 19.5 Å². The van der Waals surface area contributed by atoms with Crippen molar-refractivity contribution in [3.05, 3.63) is 34.6 Å². The van der Waals surface area contributed by atoms with Gasteiger partial charge in [0.1, 0.15) is 5.82 Å². The Kier molecular flexibility index (Phi) is 4.99. The quantitative estimate of drug-likeness (QED) is 0.889. The maximum Gasteiger partial charge on any atom is 0.127 e. The molecule has 0 amide bonds. The van der Waals surface area contributed by atoms with E-state index in [4.69, 9.17) is 17.3 Å². The SMILES string of the molecule is Cl.NC1CCN(Cc2cc(Cl)ccc2F)C1. The lowest BCUT2D eigenvalue weighted by Crippen LogP contribution is -2.26. The molecular weight excluding hydrogens is 250 g/mol. The van der Waals surface area contributed by atoms with Crippen molar-refractivity contribution in [2.24, 2.45) is 5.73 Å². The molecule has 2 nitrogen and oxygen atoms in total. The normalized spacial score (nSPS) is 20.8. The van der Waals surface area contributed by atoms with E-state index in [1.165, 1.54) is 6.07 Å². The summed E-state index contributed by atoms with van der Waals surface area (Å²) in [5.41, 5.74) is 6.43. The van der Waals surface area contributed by atoms with Crippen molar-refractivity contribution in [3.63, 3.8) is 0 Å². The summed E-state index contributed by atoms with van der Waals surface area (Å²) >= 11 is 5.82. The molecule has 0 bridgehead atoms. The van der Waals surface area contributed by atoms with E-state index in [1.807, 2.05) is 0 Å². The zero-order chi connectivity index (χ0) is 10.8. The Morgan fingerprint density at radius 1 is 1.50 bits per heavy atom. The first kappa shape index (κ1) is 13.7. The van der Waals surface area contributed by atoms with Crippen LogP contribution < -0.4 is 5.73 Å². The highest BCUT2D eigenvalue weighted by molar-refractivity contribution is 6.30. The minimum Gasteiger partial charge on any atom is -0.326 e. The molecule has 1 aliphatic rings. The van der Waals surface area contributed by atoms with Crippen molar-refractivity contribution in [3.8, 4) is 0 Å². The van der Waals surface area contributed by atoms with Gasteiger partial charge in [0.25, 0.3) is 0 Å². The number of nitrogens with two attached hydrogens (primary N) is 1. The highest BCUT2D eigenvalue weighted by Crippen LogP contribution is 2.18. The topological polar surface area (TPSA) is 29.3 Å². The minimum atomic E-state index is -0.195. The summed E-state index contributed by atoms with van der Waals surface area (Å²) in [7, 11) is 0. The lowest BCUT2D eigenvalue weighted by Gasteiger charge is -2.15. The molecule has 0 saturated carbocycles. The molecular formula is C11H15Cl2FN2. The number of nitrogens with zero attached hydrogens (tertiary/aromatic N) is 1. The fourth-order valence-electron chi connectivity index (χ4n) is 1.91. The van der Waals surface area contributed by atoms with Crippen LogP contribution in [-0.4, -0.2) is 24.0 Å². The summed E-state index contributed by atoms with van der Waals surface area (Å²) in [6.07, 6.45) is 0.988. The highest BCUT2D eigenvalue weighted by Gasteiger charge is 2.19. The number of rotatable bonds is 2. The lowest BCUT2D eigenvalue weighted by atomic mass is 10.2.